The molecule has 1 amide bonds. The molecule has 0 fully saturated rings. The Labute approximate surface area is 181 Å². The van der Waals surface area contributed by atoms with Crippen molar-refractivity contribution in [2.75, 3.05) is 12.0 Å². The van der Waals surface area contributed by atoms with Gasteiger partial charge in [0.2, 0.25) is 10.0 Å². The Morgan fingerprint density at radius 3 is 2.39 bits per heavy atom. The fourth-order valence-electron chi connectivity index (χ4n) is 3.56. The number of amides is 1. The number of nitrogens with two attached hydrogens (primary N) is 1. The first-order chi connectivity index (χ1) is 14.5. The molecule has 3 rings (SSSR count). The van der Waals surface area contributed by atoms with E-state index in [2.05, 4.69) is 0 Å². The standard InChI is InChI=1S/C22H24N2O6S/c1-13(2)11-18(25)19-20(14-5-4-6-16(12-14)30-3)24(22(27)21(19)26)15-7-9-17(10-8-15)31(23,28)29/h4-10,12-13,20,26H,11H2,1-3H3,(H2,23,28,29). The van der Waals surface area contributed by atoms with Gasteiger partial charge in [0.1, 0.15) is 5.75 Å². The number of benzene rings is 2. The zero-order valence-corrected chi connectivity index (χ0v) is 18.2. The number of methoxy groups -OCH3 is 1. The zero-order chi connectivity index (χ0) is 22.9. The van der Waals surface area contributed by atoms with Gasteiger partial charge in [-0.15, -0.1) is 0 Å². The molecule has 0 aliphatic carbocycles. The molecule has 1 aliphatic heterocycles. The smallest absolute Gasteiger partial charge is 0.294 e. The second-order valence-corrected chi connectivity index (χ2v) is 9.24. The van der Waals surface area contributed by atoms with Crippen molar-refractivity contribution in [3.05, 3.63) is 65.4 Å². The van der Waals surface area contributed by atoms with Gasteiger partial charge in [-0.2, -0.15) is 0 Å². The van der Waals surface area contributed by atoms with E-state index >= 15 is 0 Å². The van der Waals surface area contributed by atoms with Crippen LogP contribution in [-0.2, 0) is 19.6 Å². The largest absolute Gasteiger partial charge is 0.503 e. The fraction of sp³-hybridized carbons (Fsp3) is 0.273. The number of ketones is 1. The molecule has 0 bridgehead atoms. The highest BCUT2D eigenvalue weighted by Crippen LogP contribution is 2.42. The third-order valence-corrected chi connectivity index (χ3v) is 5.88. The maximum atomic E-state index is 13.0. The van der Waals surface area contributed by atoms with E-state index in [1.165, 1.54) is 36.3 Å². The summed E-state index contributed by atoms with van der Waals surface area (Å²) >= 11 is 0. The van der Waals surface area contributed by atoms with Crippen molar-refractivity contribution in [1.82, 2.24) is 0 Å². The molecule has 1 unspecified atom stereocenters. The van der Waals surface area contributed by atoms with E-state index in [0.29, 0.717) is 17.0 Å². The Morgan fingerprint density at radius 1 is 1.19 bits per heavy atom. The van der Waals surface area contributed by atoms with Crippen molar-refractivity contribution in [2.24, 2.45) is 11.1 Å². The van der Waals surface area contributed by atoms with E-state index in [9.17, 15) is 23.1 Å². The summed E-state index contributed by atoms with van der Waals surface area (Å²) in [5.74, 6) is -1.15. The molecule has 0 spiro atoms. The summed E-state index contributed by atoms with van der Waals surface area (Å²) in [6, 6.07) is 11.3. The number of primary sulfonamides is 1. The molecule has 0 saturated heterocycles. The predicted molar refractivity (Wildman–Crippen MR) is 115 cm³/mol. The highest BCUT2D eigenvalue weighted by Gasteiger charge is 2.44. The maximum Gasteiger partial charge on any atom is 0.294 e. The number of Topliss-reactive ketones (excluding diaryl/α,β-unsaturated/α-hetero) is 1. The molecular weight excluding hydrogens is 420 g/mol. The number of aliphatic hydroxyl groups is 1. The summed E-state index contributed by atoms with van der Waals surface area (Å²) in [5, 5.41) is 15.8. The van der Waals surface area contributed by atoms with E-state index in [4.69, 9.17) is 9.88 Å². The molecule has 3 N–H and O–H groups in total. The lowest BCUT2D eigenvalue weighted by Gasteiger charge is -2.27. The minimum atomic E-state index is -3.91. The van der Waals surface area contributed by atoms with Crippen LogP contribution in [0.4, 0.5) is 5.69 Å². The van der Waals surface area contributed by atoms with E-state index in [1.54, 1.807) is 24.3 Å². The Hall–Kier alpha value is -3.17. The fourth-order valence-corrected chi connectivity index (χ4v) is 4.08. The van der Waals surface area contributed by atoms with Gasteiger partial charge in [-0.05, 0) is 47.9 Å². The average Bonchev–Trinajstić information content (AvgIpc) is 2.98. The molecule has 164 valence electrons. The molecule has 8 nitrogen and oxygen atoms in total. The first-order valence-corrected chi connectivity index (χ1v) is 11.2. The topological polar surface area (TPSA) is 127 Å². The van der Waals surface area contributed by atoms with E-state index < -0.39 is 27.7 Å². The quantitative estimate of drug-likeness (QED) is 0.676. The number of sulfonamides is 1. The van der Waals surface area contributed by atoms with Crippen molar-refractivity contribution in [3.63, 3.8) is 0 Å². The third kappa shape index (κ3) is 4.47. The minimum absolute atomic E-state index is 0.00229. The van der Waals surface area contributed by atoms with Gasteiger partial charge < -0.3 is 9.84 Å². The normalized spacial score (nSPS) is 16.9. The van der Waals surface area contributed by atoms with Crippen molar-refractivity contribution in [3.8, 4) is 5.75 Å². The number of hydrogen-bond donors (Lipinski definition) is 2. The summed E-state index contributed by atoms with van der Waals surface area (Å²) in [5.41, 5.74) is 0.881. The van der Waals surface area contributed by atoms with Crippen molar-refractivity contribution in [1.29, 1.82) is 0 Å². The van der Waals surface area contributed by atoms with Gasteiger partial charge in [-0.25, -0.2) is 13.6 Å². The molecule has 1 aliphatic rings. The molecule has 1 atom stereocenters. The molecule has 2 aromatic rings. The number of carbonyl (C=O) groups is 2. The van der Waals surface area contributed by atoms with Gasteiger partial charge in [-0.3, -0.25) is 14.5 Å². The molecule has 1 heterocycles. The van der Waals surface area contributed by atoms with Crippen LogP contribution in [0.25, 0.3) is 0 Å². The molecule has 9 heteroatoms. The van der Waals surface area contributed by atoms with Crippen LogP contribution >= 0.6 is 0 Å². The Balaban J connectivity index is 2.15. The molecule has 2 aromatic carbocycles. The molecule has 31 heavy (non-hydrogen) atoms. The summed E-state index contributed by atoms with van der Waals surface area (Å²) < 4.78 is 28.4. The maximum absolute atomic E-state index is 13.0. The molecule has 0 aromatic heterocycles. The number of hydrogen-bond acceptors (Lipinski definition) is 6. The van der Waals surface area contributed by atoms with Gasteiger partial charge in [0.25, 0.3) is 5.91 Å². The number of nitrogens with zero attached hydrogens (tertiary/aromatic N) is 1. The van der Waals surface area contributed by atoms with Gasteiger partial charge in [0.15, 0.2) is 11.5 Å². The number of anilines is 1. The minimum Gasteiger partial charge on any atom is -0.503 e. The average molecular weight is 445 g/mol. The van der Waals surface area contributed by atoms with Crippen LogP contribution in [0, 0.1) is 5.92 Å². The van der Waals surface area contributed by atoms with Gasteiger partial charge >= 0.3 is 0 Å². The van der Waals surface area contributed by atoms with Crippen LogP contribution in [-0.4, -0.2) is 32.3 Å². The number of rotatable bonds is 7. The summed E-state index contributed by atoms with van der Waals surface area (Å²) in [6.07, 6.45) is 0.158. The zero-order valence-electron chi connectivity index (χ0n) is 17.4. The van der Waals surface area contributed by atoms with E-state index in [0.717, 1.165) is 0 Å². The van der Waals surface area contributed by atoms with Crippen LogP contribution < -0.4 is 14.8 Å². The van der Waals surface area contributed by atoms with Gasteiger partial charge in [-0.1, -0.05) is 26.0 Å². The molecule has 0 radical (unpaired) electrons. The Bertz CT molecular complexity index is 1150. The predicted octanol–water partition coefficient (Wildman–Crippen LogP) is 2.86. The number of carbonyl (C=O) groups excluding carboxylic acids is 2. The number of aliphatic hydroxyl groups excluding tert-OH is 1. The highest BCUT2D eigenvalue weighted by molar-refractivity contribution is 7.89. The van der Waals surface area contributed by atoms with Crippen molar-refractivity contribution in [2.45, 2.75) is 31.2 Å². The van der Waals surface area contributed by atoms with Crippen LogP contribution in [0.2, 0.25) is 0 Å². The second-order valence-electron chi connectivity index (χ2n) is 7.68. The summed E-state index contributed by atoms with van der Waals surface area (Å²) in [4.78, 5) is 27.2. The van der Waals surface area contributed by atoms with Crippen molar-refractivity contribution >= 4 is 27.4 Å². The van der Waals surface area contributed by atoms with E-state index in [1.807, 2.05) is 13.8 Å². The monoisotopic (exact) mass is 444 g/mol. The lowest BCUT2D eigenvalue weighted by molar-refractivity contribution is -0.118. The summed E-state index contributed by atoms with van der Waals surface area (Å²) in [6.45, 7) is 3.74. The first-order valence-electron chi connectivity index (χ1n) is 9.61. The van der Waals surface area contributed by atoms with Crippen LogP contribution in [0.5, 0.6) is 5.75 Å². The van der Waals surface area contributed by atoms with Crippen molar-refractivity contribution < 1.29 is 27.9 Å². The summed E-state index contributed by atoms with van der Waals surface area (Å²) in [7, 11) is -2.41. The lowest BCUT2D eigenvalue weighted by atomic mass is 9.92. The second kappa shape index (κ2) is 8.52. The Morgan fingerprint density at radius 2 is 1.84 bits per heavy atom. The van der Waals surface area contributed by atoms with Crippen LogP contribution in [0.15, 0.2) is 64.8 Å². The van der Waals surface area contributed by atoms with E-state index in [-0.39, 0.29) is 28.6 Å². The van der Waals surface area contributed by atoms with Gasteiger partial charge in [0.05, 0.1) is 23.6 Å². The first kappa shape index (κ1) is 22.5. The molecular formula is C22H24N2O6S. The Kier molecular flexibility index (Phi) is 6.19. The highest BCUT2D eigenvalue weighted by atomic mass is 32.2. The third-order valence-electron chi connectivity index (χ3n) is 4.96. The number of ether oxygens (including phenoxy) is 1. The van der Waals surface area contributed by atoms with Gasteiger partial charge in [0, 0.05) is 12.1 Å². The van der Waals surface area contributed by atoms with Crippen LogP contribution in [0.3, 0.4) is 0 Å². The molecule has 0 saturated carbocycles. The SMILES string of the molecule is COc1cccc(C2C(C(=O)CC(C)C)=C(O)C(=O)N2c2ccc(S(N)(=O)=O)cc2)c1. The van der Waals surface area contributed by atoms with Crippen LogP contribution in [0.1, 0.15) is 31.9 Å². The lowest BCUT2D eigenvalue weighted by Crippen LogP contribution is -2.31.